The minimum absolute atomic E-state index is 0.377. The van der Waals surface area contributed by atoms with Gasteiger partial charge in [0.1, 0.15) is 0 Å². The van der Waals surface area contributed by atoms with E-state index in [0.717, 1.165) is 22.3 Å². The van der Waals surface area contributed by atoms with Gasteiger partial charge >= 0.3 is 0 Å². The molecule has 51 heavy (non-hydrogen) atoms. The van der Waals surface area contributed by atoms with Crippen molar-refractivity contribution in [3.63, 3.8) is 0 Å². The Bertz CT molecular complexity index is 2910. The lowest BCUT2D eigenvalue weighted by Crippen LogP contribution is -2.13. The molecule has 0 saturated carbocycles. The molecule has 2 atom stereocenters. The predicted molar refractivity (Wildman–Crippen MR) is 216 cm³/mol. The molecule has 1 aliphatic carbocycles. The first-order chi connectivity index (χ1) is 25.3. The largest absolute Gasteiger partial charge is 0.278 e. The number of benzene rings is 6. The van der Waals surface area contributed by atoms with Crippen LogP contribution in [-0.2, 0) is 0 Å². The first kappa shape index (κ1) is 29.0. The Balaban J connectivity index is 0.972. The minimum Gasteiger partial charge on any atom is -0.278 e. The summed E-state index contributed by atoms with van der Waals surface area (Å²) in [5.74, 6) is 1.07. The Labute approximate surface area is 303 Å². The standard InChI is InChI=1S/C46H29N3S2/c1-4-16-40-33(9-1)38-27-30(32-13-8-15-37-35-11-3-6-18-43(35)51-45(32)37)23-24-41(38)49(40)46-47-26-25-39(48-46)29-21-19-28(20-22-29)31-12-7-14-36-34-10-2-5-17-42(34)50-44(31)36/h1-27,37,45H. The lowest BCUT2D eigenvalue weighted by Gasteiger charge is -2.23. The van der Waals surface area contributed by atoms with Gasteiger partial charge < -0.3 is 0 Å². The zero-order valence-corrected chi connectivity index (χ0v) is 29.0. The summed E-state index contributed by atoms with van der Waals surface area (Å²) in [4.78, 5) is 11.4. The molecular formula is C46H29N3S2. The topological polar surface area (TPSA) is 30.7 Å². The third-order valence-corrected chi connectivity index (χ3v) is 13.2. The van der Waals surface area contributed by atoms with Gasteiger partial charge in [-0.2, -0.15) is 0 Å². The maximum atomic E-state index is 5.18. The van der Waals surface area contributed by atoms with Crippen molar-refractivity contribution in [3.8, 4) is 28.3 Å². The van der Waals surface area contributed by atoms with E-state index in [2.05, 4.69) is 156 Å². The zero-order chi connectivity index (χ0) is 33.5. The monoisotopic (exact) mass is 687 g/mol. The fraction of sp³-hybridized carbons (Fsp3) is 0.0435. The van der Waals surface area contributed by atoms with Gasteiger partial charge in [0.15, 0.2) is 0 Å². The first-order valence-corrected chi connectivity index (χ1v) is 19.0. The Hall–Kier alpha value is -5.75. The summed E-state index contributed by atoms with van der Waals surface area (Å²) < 4.78 is 4.86. The van der Waals surface area contributed by atoms with Gasteiger partial charge in [0.25, 0.3) is 0 Å². The van der Waals surface area contributed by atoms with E-state index >= 15 is 0 Å². The molecule has 0 saturated heterocycles. The fourth-order valence-corrected chi connectivity index (χ4v) is 10.8. The number of thioether (sulfide) groups is 1. The molecule has 0 radical (unpaired) electrons. The molecule has 3 nitrogen and oxygen atoms in total. The van der Waals surface area contributed by atoms with Crippen molar-refractivity contribution in [2.75, 3.05) is 0 Å². The molecule has 0 bridgehead atoms. The van der Waals surface area contributed by atoms with Crippen LogP contribution >= 0.6 is 23.1 Å². The van der Waals surface area contributed by atoms with Gasteiger partial charge in [0, 0.05) is 58.8 Å². The van der Waals surface area contributed by atoms with Crippen molar-refractivity contribution in [2.24, 2.45) is 0 Å². The molecule has 3 aromatic heterocycles. The fourth-order valence-electron chi connectivity index (χ4n) is 8.11. The normalized spacial score (nSPS) is 16.6. The lowest BCUT2D eigenvalue weighted by molar-refractivity contribution is 0.893. The van der Waals surface area contributed by atoms with E-state index in [9.17, 15) is 0 Å². The van der Waals surface area contributed by atoms with Gasteiger partial charge in [-0.1, -0.05) is 121 Å². The highest BCUT2D eigenvalue weighted by Crippen LogP contribution is 2.53. The van der Waals surface area contributed by atoms with Crippen LogP contribution in [0.1, 0.15) is 17.0 Å². The van der Waals surface area contributed by atoms with Gasteiger partial charge in [0.05, 0.1) is 16.7 Å². The molecular weight excluding hydrogens is 659 g/mol. The van der Waals surface area contributed by atoms with Gasteiger partial charge in [-0.3, -0.25) is 4.57 Å². The highest BCUT2D eigenvalue weighted by molar-refractivity contribution is 8.00. The second kappa shape index (κ2) is 11.4. The van der Waals surface area contributed by atoms with Crippen LogP contribution < -0.4 is 0 Å². The molecule has 1 aliphatic heterocycles. The van der Waals surface area contributed by atoms with Crippen molar-refractivity contribution >= 4 is 70.6 Å². The van der Waals surface area contributed by atoms with E-state index < -0.39 is 0 Å². The van der Waals surface area contributed by atoms with Gasteiger partial charge in [-0.05, 0) is 64.2 Å². The Morgan fingerprint density at radius 3 is 2.31 bits per heavy atom. The quantitative estimate of drug-likeness (QED) is 0.184. The van der Waals surface area contributed by atoms with Gasteiger partial charge in [0.2, 0.25) is 5.95 Å². The maximum Gasteiger partial charge on any atom is 0.235 e. The predicted octanol–water partition coefficient (Wildman–Crippen LogP) is 12.5. The summed E-state index contributed by atoms with van der Waals surface area (Å²) in [6.07, 6.45) is 8.79. The molecule has 5 heteroatoms. The summed E-state index contributed by atoms with van der Waals surface area (Å²) in [7, 11) is 0. The molecule has 0 amide bonds. The molecule has 2 unspecified atom stereocenters. The number of para-hydroxylation sites is 1. The maximum absolute atomic E-state index is 5.18. The smallest absolute Gasteiger partial charge is 0.235 e. The molecule has 4 heterocycles. The van der Waals surface area contributed by atoms with Crippen LogP contribution in [0.15, 0.2) is 169 Å². The van der Waals surface area contributed by atoms with E-state index in [4.69, 9.17) is 9.97 Å². The van der Waals surface area contributed by atoms with E-state index in [1.165, 1.54) is 63.7 Å². The van der Waals surface area contributed by atoms with E-state index in [1.54, 1.807) is 0 Å². The molecule has 0 fully saturated rings. The van der Waals surface area contributed by atoms with Gasteiger partial charge in [-0.15, -0.1) is 23.1 Å². The van der Waals surface area contributed by atoms with Crippen molar-refractivity contribution in [2.45, 2.75) is 16.1 Å². The summed E-state index contributed by atoms with van der Waals surface area (Å²) >= 11 is 3.86. The van der Waals surface area contributed by atoms with Crippen molar-refractivity contribution in [1.82, 2.24) is 14.5 Å². The number of fused-ring (bicyclic) bond motifs is 9. The van der Waals surface area contributed by atoms with Crippen LogP contribution in [0.5, 0.6) is 0 Å². The van der Waals surface area contributed by atoms with E-state index in [0.29, 0.717) is 17.1 Å². The number of nitrogens with zero attached hydrogens (tertiary/aromatic N) is 3. The first-order valence-electron chi connectivity index (χ1n) is 17.3. The Kier molecular flexibility index (Phi) is 6.48. The number of aromatic nitrogens is 3. The van der Waals surface area contributed by atoms with Crippen molar-refractivity contribution in [3.05, 3.63) is 175 Å². The average Bonchev–Trinajstić information content (AvgIpc) is 3.87. The highest BCUT2D eigenvalue weighted by atomic mass is 32.2. The van der Waals surface area contributed by atoms with E-state index in [1.807, 2.05) is 35.4 Å². The Morgan fingerprint density at radius 2 is 1.37 bits per heavy atom. The molecule has 6 aromatic carbocycles. The summed E-state index contributed by atoms with van der Waals surface area (Å²) in [6, 6.07) is 50.5. The molecule has 9 aromatic rings. The summed E-state index contributed by atoms with van der Waals surface area (Å²) in [5.41, 5.74) is 10.7. The molecule has 0 N–H and O–H groups in total. The number of hydrogen-bond donors (Lipinski definition) is 0. The van der Waals surface area contributed by atoms with Crippen LogP contribution in [-0.4, -0.2) is 19.8 Å². The van der Waals surface area contributed by atoms with Crippen LogP contribution in [0.25, 0.3) is 75.9 Å². The van der Waals surface area contributed by atoms with Crippen LogP contribution in [0, 0.1) is 0 Å². The second-order valence-electron chi connectivity index (χ2n) is 13.3. The second-order valence-corrected chi connectivity index (χ2v) is 15.5. The van der Waals surface area contributed by atoms with Crippen molar-refractivity contribution < 1.29 is 0 Å². The lowest BCUT2D eigenvalue weighted by atomic mass is 9.85. The summed E-state index contributed by atoms with van der Waals surface area (Å²) in [5, 5.41) is 5.43. The van der Waals surface area contributed by atoms with E-state index in [-0.39, 0.29) is 0 Å². The highest BCUT2D eigenvalue weighted by Gasteiger charge is 2.35. The molecule has 11 rings (SSSR count). The van der Waals surface area contributed by atoms with Crippen molar-refractivity contribution in [1.29, 1.82) is 0 Å². The molecule has 240 valence electrons. The van der Waals surface area contributed by atoms with Crippen LogP contribution in [0.2, 0.25) is 0 Å². The average molecular weight is 688 g/mol. The van der Waals surface area contributed by atoms with Crippen LogP contribution in [0.4, 0.5) is 0 Å². The number of rotatable bonds is 4. The number of thiophene rings is 1. The Morgan fingerprint density at radius 1 is 0.608 bits per heavy atom. The summed E-state index contributed by atoms with van der Waals surface area (Å²) in [6.45, 7) is 0. The third kappa shape index (κ3) is 4.52. The third-order valence-electron chi connectivity index (χ3n) is 10.5. The minimum atomic E-state index is 0.377. The number of hydrogen-bond acceptors (Lipinski definition) is 4. The van der Waals surface area contributed by atoms with Crippen LogP contribution in [0.3, 0.4) is 0 Å². The SMILES string of the molecule is C1=CC2c3ccccc3SC2C(c2ccc3c(c2)c2ccccc2n3-c2nccc(-c3ccc(-c4cccc5c4sc4ccccc45)cc3)n2)=C1. The van der Waals surface area contributed by atoms with Gasteiger partial charge in [-0.25, -0.2) is 9.97 Å². The zero-order valence-electron chi connectivity index (χ0n) is 27.4. The molecule has 0 spiro atoms. The number of allylic oxidation sites excluding steroid dienone is 3. The molecule has 2 aliphatic rings.